The van der Waals surface area contributed by atoms with Crippen LogP contribution in [0.5, 0.6) is 0 Å². The summed E-state index contributed by atoms with van der Waals surface area (Å²) in [5, 5.41) is 0.792. The van der Waals surface area contributed by atoms with Crippen molar-refractivity contribution in [1.29, 1.82) is 0 Å². The zero-order valence-corrected chi connectivity index (χ0v) is 13.2. The van der Waals surface area contributed by atoms with Crippen molar-refractivity contribution in [1.82, 2.24) is 8.87 Å². The lowest BCUT2D eigenvalue weighted by molar-refractivity contribution is 0.393. The zero-order chi connectivity index (χ0) is 15.2. The summed E-state index contributed by atoms with van der Waals surface area (Å²) in [5.74, 6) is 0. The number of sulfonamides is 1. The van der Waals surface area contributed by atoms with E-state index < -0.39 is 10.0 Å². The van der Waals surface area contributed by atoms with Gasteiger partial charge >= 0.3 is 0 Å². The van der Waals surface area contributed by atoms with Gasteiger partial charge in [-0.2, -0.15) is 4.31 Å². The predicted octanol–water partition coefficient (Wildman–Crippen LogP) is 1.60. The number of hydrogen-bond donors (Lipinski definition) is 1. The maximum atomic E-state index is 13.1. The largest absolute Gasteiger partial charge is 0.347 e. The van der Waals surface area contributed by atoms with Gasteiger partial charge in [0, 0.05) is 42.8 Å². The molecule has 0 bridgehead atoms. The standard InChI is InChI=1S/C15H21N3O2S/c1-11-15(13-7-3-4-8-14(13)17(11)2)21(19,20)18-9-5-6-12(18)10-16/h3-4,7-8,12H,5-6,9-10,16H2,1-2H3. The molecule has 2 aromatic rings. The summed E-state index contributed by atoms with van der Waals surface area (Å²) in [6, 6.07) is 7.56. The molecule has 1 aromatic heterocycles. The number of benzene rings is 1. The molecular weight excluding hydrogens is 286 g/mol. The van der Waals surface area contributed by atoms with Crippen molar-refractivity contribution in [3.63, 3.8) is 0 Å². The minimum Gasteiger partial charge on any atom is -0.347 e. The summed E-state index contributed by atoms with van der Waals surface area (Å²) in [6.07, 6.45) is 1.73. The van der Waals surface area contributed by atoms with Crippen LogP contribution in [0.3, 0.4) is 0 Å². The minimum absolute atomic E-state index is 0.0756. The number of fused-ring (bicyclic) bond motifs is 1. The van der Waals surface area contributed by atoms with E-state index in [0.717, 1.165) is 29.4 Å². The van der Waals surface area contributed by atoms with Crippen molar-refractivity contribution in [3.8, 4) is 0 Å². The molecule has 2 N–H and O–H groups in total. The average Bonchev–Trinajstić information content (AvgIpc) is 3.04. The van der Waals surface area contributed by atoms with Gasteiger partial charge in [0.2, 0.25) is 10.0 Å². The lowest BCUT2D eigenvalue weighted by Gasteiger charge is -2.23. The van der Waals surface area contributed by atoms with Gasteiger partial charge in [0.05, 0.1) is 0 Å². The van der Waals surface area contributed by atoms with Gasteiger partial charge in [-0.25, -0.2) is 8.42 Å². The van der Waals surface area contributed by atoms with Crippen molar-refractivity contribution in [2.24, 2.45) is 12.8 Å². The fraction of sp³-hybridized carbons (Fsp3) is 0.467. The molecule has 0 saturated carbocycles. The first-order chi connectivity index (χ1) is 9.98. The Bertz CT molecular complexity index is 780. The molecule has 21 heavy (non-hydrogen) atoms. The smallest absolute Gasteiger partial charge is 0.245 e. The van der Waals surface area contributed by atoms with Crippen LogP contribution in [0.1, 0.15) is 18.5 Å². The van der Waals surface area contributed by atoms with Crippen molar-refractivity contribution in [2.75, 3.05) is 13.1 Å². The fourth-order valence-electron chi connectivity index (χ4n) is 3.29. The van der Waals surface area contributed by atoms with Crippen molar-refractivity contribution < 1.29 is 8.42 Å². The van der Waals surface area contributed by atoms with Gasteiger partial charge in [0.1, 0.15) is 4.90 Å². The average molecular weight is 307 g/mol. The highest BCUT2D eigenvalue weighted by atomic mass is 32.2. The molecular formula is C15H21N3O2S. The van der Waals surface area contributed by atoms with E-state index >= 15 is 0 Å². The quantitative estimate of drug-likeness (QED) is 0.936. The lowest BCUT2D eigenvalue weighted by Crippen LogP contribution is -2.40. The first-order valence-corrected chi connectivity index (χ1v) is 8.68. The molecule has 0 aliphatic carbocycles. The SMILES string of the molecule is Cc1c(S(=O)(=O)N2CCCC2CN)c2ccccc2n1C. The predicted molar refractivity (Wildman–Crippen MR) is 83.6 cm³/mol. The van der Waals surface area contributed by atoms with E-state index in [9.17, 15) is 8.42 Å². The molecule has 1 atom stereocenters. The van der Waals surface area contributed by atoms with Crippen LogP contribution in [-0.2, 0) is 17.1 Å². The Morgan fingerprint density at radius 3 is 2.76 bits per heavy atom. The molecule has 1 aliphatic rings. The van der Waals surface area contributed by atoms with Crippen LogP contribution in [0, 0.1) is 6.92 Å². The highest BCUT2D eigenvalue weighted by Gasteiger charge is 2.37. The maximum absolute atomic E-state index is 13.1. The number of aryl methyl sites for hydroxylation is 1. The Morgan fingerprint density at radius 1 is 1.33 bits per heavy atom. The van der Waals surface area contributed by atoms with E-state index in [4.69, 9.17) is 5.73 Å². The van der Waals surface area contributed by atoms with E-state index in [-0.39, 0.29) is 6.04 Å². The molecule has 0 radical (unpaired) electrons. The molecule has 1 fully saturated rings. The molecule has 1 unspecified atom stereocenters. The third-order valence-electron chi connectivity index (χ3n) is 4.50. The summed E-state index contributed by atoms with van der Waals surface area (Å²) < 4.78 is 29.7. The Labute approximate surface area is 125 Å². The second-order valence-electron chi connectivity index (χ2n) is 5.64. The molecule has 2 heterocycles. The van der Waals surface area contributed by atoms with E-state index in [1.807, 2.05) is 42.8 Å². The zero-order valence-electron chi connectivity index (χ0n) is 12.4. The number of aromatic nitrogens is 1. The van der Waals surface area contributed by atoms with Crippen LogP contribution in [0.25, 0.3) is 10.9 Å². The van der Waals surface area contributed by atoms with Crippen LogP contribution in [0.4, 0.5) is 0 Å². The van der Waals surface area contributed by atoms with Gasteiger partial charge in [-0.3, -0.25) is 0 Å². The van der Waals surface area contributed by atoms with E-state index in [2.05, 4.69) is 0 Å². The monoisotopic (exact) mass is 307 g/mol. The number of nitrogens with two attached hydrogens (primary N) is 1. The molecule has 1 aromatic carbocycles. The van der Waals surface area contributed by atoms with Crippen molar-refractivity contribution in [2.45, 2.75) is 30.7 Å². The molecule has 5 nitrogen and oxygen atoms in total. The highest BCUT2D eigenvalue weighted by Crippen LogP contribution is 2.34. The molecule has 1 saturated heterocycles. The number of nitrogens with zero attached hydrogens (tertiary/aromatic N) is 2. The first kappa shape index (κ1) is 14.6. The second kappa shape index (κ2) is 5.12. The number of hydrogen-bond acceptors (Lipinski definition) is 3. The molecule has 6 heteroatoms. The summed E-state index contributed by atoms with van der Waals surface area (Å²) in [5.41, 5.74) is 7.46. The number of para-hydroxylation sites is 1. The van der Waals surface area contributed by atoms with Gasteiger partial charge in [0.25, 0.3) is 0 Å². The van der Waals surface area contributed by atoms with Crippen LogP contribution < -0.4 is 5.73 Å². The molecule has 0 amide bonds. The second-order valence-corrected chi connectivity index (χ2v) is 7.47. The molecule has 0 spiro atoms. The van der Waals surface area contributed by atoms with Crippen molar-refractivity contribution in [3.05, 3.63) is 30.0 Å². The van der Waals surface area contributed by atoms with Gasteiger partial charge in [0.15, 0.2) is 0 Å². The van der Waals surface area contributed by atoms with E-state index in [1.165, 1.54) is 0 Å². The molecule has 1 aliphatic heterocycles. The summed E-state index contributed by atoms with van der Waals surface area (Å²) in [4.78, 5) is 0.431. The van der Waals surface area contributed by atoms with Crippen LogP contribution in [0.2, 0.25) is 0 Å². The van der Waals surface area contributed by atoms with Crippen LogP contribution in [-0.4, -0.2) is 36.4 Å². The summed E-state index contributed by atoms with van der Waals surface area (Å²) in [7, 11) is -1.60. The van der Waals surface area contributed by atoms with Gasteiger partial charge in [-0.15, -0.1) is 0 Å². The number of rotatable bonds is 3. The Kier molecular flexibility index (Phi) is 3.55. The maximum Gasteiger partial charge on any atom is 0.245 e. The summed E-state index contributed by atoms with van der Waals surface area (Å²) in [6.45, 7) is 2.80. The third-order valence-corrected chi connectivity index (χ3v) is 6.63. The van der Waals surface area contributed by atoms with E-state index in [1.54, 1.807) is 4.31 Å². The summed E-state index contributed by atoms with van der Waals surface area (Å²) >= 11 is 0. The van der Waals surface area contributed by atoms with Crippen LogP contribution >= 0.6 is 0 Å². The lowest BCUT2D eigenvalue weighted by atomic mass is 10.2. The van der Waals surface area contributed by atoms with Crippen LogP contribution in [0.15, 0.2) is 29.2 Å². The highest BCUT2D eigenvalue weighted by molar-refractivity contribution is 7.89. The van der Waals surface area contributed by atoms with Gasteiger partial charge in [-0.1, -0.05) is 18.2 Å². The minimum atomic E-state index is -3.50. The Morgan fingerprint density at radius 2 is 2.05 bits per heavy atom. The normalized spacial score (nSPS) is 20.4. The molecule has 114 valence electrons. The first-order valence-electron chi connectivity index (χ1n) is 7.24. The van der Waals surface area contributed by atoms with Gasteiger partial charge < -0.3 is 10.3 Å². The Balaban J connectivity index is 2.22. The molecule has 3 rings (SSSR count). The van der Waals surface area contributed by atoms with E-state index in [0.29, 0.717) is 18.0 Å². The third kappa shape index (κ3) is 2.09. The topological polar surface area (TPSA) is 68.3 Å². The fourth-order valence-corrected chi connectivity index (χ4v) is 5.44. The van der Waals surface area contributed by atoms with Crippen molar-refractivity contribution >= 4 is 20.9 Å². The van der Waals surface area contributed by atoms with Gasteiger partial charge in [-0.05, 0) is 25.8 Å². The Hall–Kier alpha value is -1.37.